The molecule has 1 unspecified atom stereocenters. The summed E-state index contributed by atoms with van der Waals surface area (Å²) in [7, 11) is 0. The van der Waals surface area contributed by atoms with Crippen molar-refractivity contribution in [1.29, 1.82) is 0 Å². The molecule has 1 aliphatic rings. The van der Waals surface area contributed by atoms with Crippen LogP contribution in [-0.4, -0.2) is 49.0 Å². The number of hydrogen-bond donors (Lipinski definition) is 2. The number of para-hydroxylation sites is 1. The maximum atomic E-state index is 9.35. The van der Waals surface area contributed by atoms with Gasteiger partial charge in [-0.1, -0.05) is 18.2 Å². The fourth-order valence-electron chi connectivity index (χ4n) is 1.85. The number of ether oxygens (including phenoxy) is 1. The van der Waals surface area contributed by atoms with Crippen molar-refractivity contribution in [1.82, 2.24) is 10.2 Å². The van der Waals surface area contributed by atoms with E-state index in [1.807, 2.05) is 30.3 Å². The number of aliphatic hydroxyl groups excluding tert-OH is 1. The zero-order chi connectivity index (χ0) is 11.2. The maximum Gasteiger partial charge on any atom is 0.176 e. The number of hydrogen-bond acceptors (Lipinski definition) is 4. The summed E-state index contributed by atoms with van der Waals surface area (Å²) in [6.07, 6.45) is -0.232. The van der Waals surface area contributed by atoms with Gasteiger partial charge in [0, 0.05) is 26.2 Å². The molecule has 16 heavy (non-hydrogen) atoms. The zero-order valence-electron chi connectivity index (χ0n) is 9.30. The lowest BCUT2D eigenvalue weighted by Crippen LogP contribution is -2.51. The number of rotatable bonds is 4. The molecule has 1 aromatic carbocycles. The highest BCUT2D eigenvalue weighted by Gasteiger charge is 2.20. The van der Waals surface area contributed by atoms with Crippen molar-refractivity contribution in [3.63, 3.8) is 0 Å². The van der Waals surface area contributed by atoms with E-state index in [1.54, 1.807) is 0 Å². The van der Waals surface area contributed by atoms with Crippen LogP contribution in [0.15, 0.2) is 30.3 Å². The van der Waals surface area contributed by atoms with E-state index in [0.29, 0.717) is 0 Å². The quantitative estimate of drug-likeness (QED) is 0.768. The number of aliphatic hydroxyl groups is 1. The van der Waals surface area contributed by atoms with Crippen LogP contribution in [0.2, 0.25) is 0 Å². The van der Waals surface area contributed by atoms with Crippen LogP contribution in [0.4, 0.5) is 0 Å². The van der Waals surface area contributed by atoms with Crippen LogP contribution in [0, 0.1) is 0 Å². The third-order valence-corrected chi connectivity index (χ3v) is 2.73. The molecule has 4 heteroatoms. The summed E-state index contributed by atoms with van der Waals surface area (Å²) in [6.45, 7) is 3.76. The van der Waals surface area contributed by atoms with Gasteiger partial charge in [0.1, 0.15) is 5.75 Å². The lowest BCUT2D eigenvalue weighted by molar-refractivity contribution is -0.0214. The van der Waals surface area contributed by atoms with Crippen LogP contribution >= 0.6 is 0 Å². The van der Waals surface area contributed by atoms with Crippen molar-refractivity contribution < 1.29 is 9.84 Å². The van der Waals surface area contributed by atoms with E-state index >= 15 is 0 Å². The monoisotopic (exact) mass is 222 g/mol. The van der Waals surface area contributed by atoms with Gasteiger partial charge in [-0.05, 0) is 12.1 Å². The Balaban J connectivity index is 1.94. The Labute approximate surface area is 95.8 Å². The van der Waals surface area contributed by atoms with Crippen LogP contribution in [0.25, 0.3) is 0 Å². The molecule has 0 radical (unpaired) electrons. The first kappa shape index (κ1) is 11.4. The summed E-state index contributed by atoms with van der Waals surface area (Å²) in [5, 5.41) is 12.6. The van der Waals surface area contributed by atoms with Gasteiger partial charge in [-0.25, -0.2) is 0 Å². The normalized spacial score (nSPS) is 19.3. The number of nitrogens with one attached hydrogen (secondary N) is 1. The van der Waals surface area contributed by atoms with Crippen molar-refractivity contribution in [2.24, 2.45) is 0 Å². The molecule has 0 bridgehead atoms. The van der Waals surface area contributed by atoms with Crippen molar-refractivity contribution >= 4 is 0 Å². The summed E-state index contributed by atoms with van der Waals surface area (Å²) < 4.78 is 5.75. The van der Waals surface area contributed by atoms with E-state index in [-0.39, 0.29) is 12.8 Å². The fourth-order valence-corrected chi connectivity index (χ4v) is 1.85. The Hall–Kier alpha value is -1.10. The highest BCUT2D eigenvalue weighted by atomic mass is 16.5. The van der Waals surface area contributed by atoms with Gasteiger partial charge >= 0.3 is 0 Å². The molecule has 1 aliphatic heterocycles. The minimum atomic E-state index is -0.232. The lowest BCUT2D eigenvalue weighted by Gasteiger charge is -2.33. The van der Waals surface area contributed by atoms with E-state index in [4.69, 9.17) is 4.74 Å². The Morgan fingerprint density at radius 2 is 1.94 bits per heavy atom. The molecular formula is C12H18N2O2. The minimum absolute atomic E-state index is 0.0227. The Bertz CT molecular complexity index is 299. The summed E-state index contributed by atoms with van der Waals surface area (Å²) in [6, 6.07) is 9.63. The molecule has 1 fully saturated rings. The van der Waals surface area contributed by atoms with Crippen molar-refractivity contribution in [3.8, 4) is 5.75 Å². The molecule has 0 amide bonds. The van der Waals surface area contributed by atoms with Crippen LogP contribution < -0.4 is 10.1 Å². The van der Waals surface area contributed by atoms with Crippen molar-refractivity contribution in [3.05, 3.63) is 30.3 Å². The maximum absolute atomic E-state index is 9.35. The molecule has 88 valence electrons. The molecule has 0 aliphatic carbocycles. The number of benzene rings is 1. The van der Waals surface area contributed by atoms with E-state index in [2.05, 4.69) is 10.2 Å². The van der Waals surface area contributed by atoms with Crippen LogP contribution in [0.1, 0.15) is 0 Å². The van der Waals surface area contributed by atoms with Crippen molar-refractivity contribution in [2.45, 2.75) is 6.23 Å². The molecule has 1 atom stereocenters. The van der Waals surface area contributed by atoms with E-state index in [9.17, 15) is 5.11 Å². The van der Waals surface area contributed by atoms with Crippen LogP contribution in [0.3, 0.4) is 0 Å². The van der Waals surface area contributed by atoms with Gasteiger partial charge in [0.2, 0.25) is 0 Å². The zero-order valence-corrected chi connectivity index (χ0v) is 9.30. The van der Waals surface area contributed by atoms with E-state index < -0.39 is 0 Å². The third kappa shape index (κ3) is 2.95. The number of nitrogens with zero attached hydrogens (tertiary/aromatic N) is 1. The Morgan fingerprint density at radius 1 is 1.25 bits per heavy atom. The van der Waals surface area contributed by atoms with Crippen LogP contribution in [-0.2, 0) is 0 Å². The molecule has 0 saturated carbocycles. The summed E-state index contributed by atoms with van der Waals surface area (Å²) in [5.41, 5.74) is 0. The average molecular weight is 222 g/mol. The molecule has 1 heterocycles. The highest BCUT2D eigenvalue weighted by molar-refractivity contribution is 5.21. The van der Waals surface area contributed by atoms with Gasteiger partial charge in [-0.3, -0.25) is 4.90 Å². The van der Waals surface area contributed by atoms with Crippen molar-refractivity contribution in [2.75, 3.05) is 32.8 Å². The first-order chi connectivity index (χ1) is 7.90. The predicted molar refractivity (Wildman–Crippen MR) is 62.4 cm³/mol. The second-order valence-corrected chi connectivity index (χ2v) is 3.85. The van der Waals surface area contributed by atoms with Crippen LogP contribution in [0.5, 0.6) is 5.75 Å². The number of piperazine rings is 1. The third-order valence-electron chi connectivity index (χ3n) is 2.73. The Morgan fingerprint density at radius 3 is 2.56 bits per heavy atom. The van der Waals surface area contributed by atoms with Gasteiger partial charge in [0.15, 0.2) is 6.23 Å². The first-order valence-corrected chi connectivity index (χ1v) is 5.67. The largest absolute Gasteiger partial charge is 0.473 e. The smallest absolute Gasteiger partial charge is 0.176 e. The van der Waals surface area contributed by atoms with Gasteiger partial charge < -0.3 is 15.2 Å². The van der Waals surface area contributed by atoms with Gasteiger partial charge in [-0.2, -0.15) is 0 Å². The first-order valence-electron chi connectivity index (χ1n) is 5.67. The van der Waals surface area contributed by atoms with Gasteiger partial charge in [0.25, 0.3) is 0 Å². The average Bonchev–Trinajstić information content (AvgIpc) is 2.38. The molecule has 0 spiro atoms. The predicted octanol–water partition coefficient (Wildman–Crippen LogP) is 0.289. The van der Waals surface area contributed by atoms with Gasteiger partial charge in [0.05, 0.1) is 6.61 Å². The standard InChI is InChI=1S/C12H18N2O2/c15-10-12(14-8-6-13-7-9-14)16-11-4-2-1-3-5-11/h1-5,12-13,15H,6-10H2. The Kier molecular flexibility index (Phi) is 4.16. The molecule has 2 rings (SSSR count). The molecule has 1 saturated heterocycles. The lowest BCUT2D eigenvalue weighted by atomic mass is 10.3. The second kappa shape index (κ2) is 5.84. The fraction of sp³-hybridized carbons (Fsp3) is 0.500. The summed E-state index contributed by atoms with van der Waals surface area (Å²) in [5.74, 6) is 0.806. The van der Waals surface area contributed by atoms with E-state index in [1.165, 1.54) is 0 Å². The second-order valence-electron chi connectivity index (χ2n) is 3.85. The molecule has 2 N–H and O–H groups in total. The summed E-state index contributed by atoms with van der Waals surface area (Å²) in [4.78, 5) is 2.16. The van der Waals surface area contributed by atoms with Gasteiger partial charge in [-0.15, -0.1) is 0 Å². The summed E-state index contributed by atoms with van der Waals surface area (Å²) >= 11 is 0. The molecule has 0 aromatic heterocycles. The SMILES string of the molecule is OCC(Oc1ccccc1)N1CCNCC1. The molecular weight excluding hydrogens is 204 g/mol. The molecule has 4 nitrogen and oxygen atoms in total. The molecule has 1 aromatic rings. The van der Waals surface area contributed by atoms with E-state index in [0.717, 1.165) is 31.9 Å². The highest BCUT2D eigenvalue weighted by Crippen LogP contribution is 2.13. The topological polar surface area (TPSA) is 44.7 Å². The minimum Gasteiger partial charge on any atom is -0.473 e.